The maximum absolute atomic E-state index is 11.8. The standard InChI is InChI=1S/C16H25ClN2O/c1-3-4-13-19(2)16(20)10-12-18-11-9-14-5-7-15(17)8-6-14/h5-8,18H,3-4,9-13H2,1-2H3. The van der Waals surface area contributed by atoms with Gasteiger partial charge >= 0.3 is 0 Å². The van der Waals surface area contributed by atoms with Crippen molar-refractivity contribution in [2.45, 2.75) is 32.6 Å². The third-order valence-electron chi connectivity index (χ3n) is 3.29. The summed E-state index contributed by atoms with van der Waals surface area (Å²) in [5.41, 5.74) is 1.26. The maximum Gasteiger partial charge on any atom is 0.223 e. The van der Waals surface area contributed by atoms with Crippen LogP contribution in [0.3, 0.4) is 0 Å². The van der Waals surface area contributed by atoms with E-state index in [4.69, 9.17) is 11.6 Å². The molecule has 1 aromatic rings. The summed E-state index contributed by atoms with van der Waals surface area (Å²) in [5.74, 6) is 0.220. The summed E-state index contributed by atoms with van der Waals surface area (Å²) in [5, 5.41) is 4.08. The van der Waals surface area contributed by atoms with Crippen LogP contribution in [-0.2, 0) is 11.2 Å². The molecule has 1 rings (SSSR count). The van der Waals surface area contributed by atoms with Gasteiger partial charge in [-0.2, -0.15) is 0 Å². The molecule has 0 atom stereocenters. The van der Waals surface area contributed by atoms with E-state index in [0.29, 0.717) is 6.42 Å². The summed E-state index contributed by atoms with van der Waals surface area (Å²) in [6.07, 6.45) is 3.72. The van der Waals surface area contributed by atoms with Crippen molar-refractivity contribution in [3.05, 3.63) is 34.9 Å². The van der Waals surface area contributed by atoms with Gasteiger partial charge in [0.05, 0.1) is 0 Å². The molecular formula is C16H25ClN2O. The van der Waals surface area contributed by atoms with Crippen LogP contribution in [0.1, 0.15) is 31.7 Å². The SMILES string of the molecule is CCCCN(C)C(=O)CCNCCc1ccc(Cl)cc1. The Kier molecular flexibility index (Phi) is 8.31. The largest absolute Gasteiger partial charge is 0.346 e. The van der Waals surface area contributed by atoms with Gasteiger partial charge in [0.25, 0.3) is 0 Å². The average molecular weight is 297 g/mol. The molecule has 20 heavy (non-hydrogen) atoms. The molecule has 112 valence electrons. The molecule has 0 radical (unpaired) electrons. The summed E-state index contributed by atoms with van der Waals surface area (Å²) in [6, 6.07) is 7.88. The van der Waals surface area contributed by atoms with Gasteiger partial charge < -0.3 is 10.2 Å². The number of carbonyl (C=O) groups is 1. The molecule has 1 N–H and O–H groups in total. The first kappa shape index (κ1) is 17.0. The fraction of sp³-hybridized carbons (Fsp3) is 0.562. The number of carbonyl (C=O) groups excluding carboxylic acids is 1. The lowest BCUT2D eigenvalue weighted by Gasteiger charge is -2.16. The number of nitrogens with zero attached hydrogens (tertiary/aromatic N) is 1. The number of nitrogens with one attached hydrogen (secondary N) is 1. The second-order valence-corrected chi connectivity index (χ2v) is 5.48. The number of hydrogen-bond acceptors (Lipinski definition) is 2. The van der Waals surface area contributed by atoms with Gasteiger partial charge in [-0.05, 0) is 37.1 Å². The van der Waals surface area contributed by atoms with Gasteiger partial charge in [-0.3, -0.25) is 4.79 Å². The minimum atomic E-state index is 0.220. The van der Waals surface area contributed by atoms with Crippen LogP contribution in [0.25, 0.3) is 0 Å². The molecule has 0 aromatic heterocycles. The van der Waals surface area contributed by atoms with Crippen molar-refractivity contribution in [1.29, 1.82) is 0 Å². The molecule has 0 aliphatic carbocycles. The molecule has 0 bridgehead atoms. The van der Waals surface area contributed by atoms with Crippen molar-refractivity contribution in [2.75, 3.05) is 26.7 Å². The summed E-state index contributed by atoms with van der Waals surface area (Å²) >= 11 is 5.84. The van der Waals surface area contributed by atoms with Crippen molar-refractivity contribution in [3.63, 3.8) is 0 Å². The Hall–Kier alpha value is -1.06. The van der Waals surface area contributed by atoms with Crippen molar-refractivity contribution in [2.24, 2.45) is 0 Å². The zero-order chi connectivity index (χ0) is 14.8. The Balaban J connectivity index is 2.09. The lowest BCUT2D eigenvalue weighted by molar-refractivity contribution is -0.129. The topological polar surface area (TPSA) is 32.3 Å². The van der Waals surface area contributed by atoms with E-state index in [1.807, 2.05) is 36.2 Å². The van der Waals surface area contributed by atoms with E-state index in [1.54, 1.807) is 0 Å². The average Bonchev–Trinajstić information content (AvgIpc) is 2.46. The highest BCUT2D eigenvalue weighted by atomic mass is 35.5. The molecule has 0 fully saturated rings. The fourth-order valence-corrected chi connectivity index (χ4v) is 2.04. The monoisotopic (exact) mass is 296 g/mol. The third-order valence-corrected chi connectivity index (χ3v) is 3.54. The van der Waals surface area contributed by atoms with Crippen LogP contribution >= 0.6 is 11.6 Å². The Labute approximate surface area is 127 Å². The Morgan fingerprint density at radius 1 is 1.25 bits per heavy atom. The molecule has 0 aliphatic heterocycles. The zero-order valence-electron chi connectivity index (χ0n) is 12.5. The van der Waals surface area contributed by atoms with E-state index >= 15 is 0 Å². The van der Waals surface area contributed by atoms with Crippen LogP contribution in [0.2, 0.25) is 5.02 Å². The van der Waals surface area contributed by atoms with Gasteiger partial charge in [0.15, 0.2) is 0 Å². The summed E-state index contributed by atoms with van der Waals surface area (Å²) < 4.78 is 0. The van der Waals surface area contributed by atoms with E-state index in [1.165, 1.54) is 5.56 Å². The molecule has 1 aromatic carbocycles. The lowest BCUT2D eigenvalue weighted by Crippen LogP contribution is -2.31. The van der Waals surface area contributed by atoms with E-state index in [2.05, 4.69) is 12.2 Å². The first-order chi connectivity index (χ1) is 9.63. The maximum atomic E-state index is 11.8. The number of benzene rings is 1. The predicted octanol–water partition coefficient (Wildman–Crippen LogP) is 3.12. The van der Waals surface area contributed by atoms with Crippen molar-refractivity contribution in [3.8, 4) is 0 Å². The van der Waals surface area contributed by atoms with Crippen LogP contribution in [0.15, 0.2) is 24.3 Å². The lowest BCUT2D eigenvalue weighted by atomic mass is 10.1. The van der Waals surface area contributed by atoms with Crippen LogP contribution < -0.4 is 5.32 Å². The van der Waals surface area contributed by atoms with Gasteiger partial charge in [-0.15, -0.1) is 0 Å². The van der Waals surface area contributed by atoms with Gasteiger partial charge in [-0.1, -0.05) is 37.1 Å². The van der Waals surface area contributed by atoms with Crippen LogP contribution in [0.5, 0.6) is 0 Å². The molecule has 0 spiro atoms. The van der Waals surface area contributed by atoms with Gasteiger partial charge in [-0.25, -0.2) is 0 Å². The second kappa shape index (κ2) is 9.78. The minimum absolute atomic E-state index is 0.220. The highest BCUT2D eigenvalue weighted by molar-refractivity contribution is 6.30. The number of hydrogen-bond donors (Lipinski definition) is 1. The minimum Gasteiger partial charge on any atom is -0.346 e. The Morgan fingerprint density at radius 2 is 1.95 bits per heavy atom. The van der Waals surface area contributed by atoms with E-state index in [9.17, 15) is 4.79 Å². The number of halogens is 1. The molecule has 3 nitrogen and oxygen atoms in total. The van der Waals surface area contributed by atoms with Crippen molar-refractivity contribution in [1.82, 2.24) is 10.2 Å². The first-order valence-corrected chi connectivity index (χ1v) is 7.70. The van der Waals surface area contributed by atoms with Crippen LogP contribution in [0.4, 0.5) is 0 Å². The fourth-order valence-electron chi connectivity index (χ4n) is 1.91. The molecular weight excluding hydrogens is 272 g/mol. The first-order valence-electron chi connectivity index (χ1n) is 7.32. The molecule has 0 heterocycles. The van der Waals surface area contributed by atoms with Crippen LogP contribution in [-0.4, -0.2) is 37.5 Å². The van der Waals surface area contributed by atoms with Gasteiger partial charge in [0.2, 0.25) is 5.91 Å². The molecule has 0 unspecified atom stereocenters. The third kappa shape index (κ3) is 6.92. The molecule has 4 heteroatoms. The van der Waals surface area contributed by atoms with Crippen molar-refractivity contribution < 1.29 is 4.79 Å². The predicted molar refractivity (Wildman–Crippen MR) is 85.2 cm³/mol. The molecule has 1 amide bonds. The second-order valence-electron chi connectivity index (χ2n) is 5.05. The molecule has 0 saturated carbocycles. The van der Waals surface area contributed by atoms with E-state index in [0.717, 1.165) is 43.9 Å². The normalized spacial score (nSPS) is 10.6. The number of rotatable bonds is 9. The summed E-state index contributed by atoms with van der Waals surface area (Å²) in [4.78, 5) is 13.6. The zero-order valence-corrected chi connectivity index (χ0v) is 13.2. The van der Waals surface area contributed by atoms with E-state index < -0.39 is 0 Å². The molecule has 0 aliphatic rings. The van der Waals surface area contributed by atoms with Gasteiger partial charge in [0, 0.05) is 31.6 Å². The van der Waals surface area contributed by atoms with Gasteiger partial charge in [0.1, 0.15) is 0 Å². The highest BCUT2D eigenvalue weighted by Crippen LogP contribution is 2.09. The van der Waals surface area contributed by atoms with E-state index in [-0.39, 0.29) is 5.91 Å². The van der Waals surface area contributed by atoms with Crippen molar-refractivity contribution >= 4 is 17.5 Å². The summed E-state index contributed by atoms with van der Waals surface area (Å²) in [6.45, 7) is 4.62. The quantitative estimate of drug-likeness (QED) is 0.710. The Morgan fingerprint density at radius 3 is 2.60 bits per heavy atom. The number of amides is 1. The van der Waals surface area contributed by atoms with Crippen LogP contribution in [0, 0.1) is 0 Å². The Bertz CT molecular complexity index is 392. The smallest absolute Gasteiger partial charge is 0.223 e. The summed E-state index contributed by atoms with van der Waals surface area (Å²) in [7, 11) is 1.88. The molecule has 0 saturated heterocycles. The number of unbranched alkanes of at least 4 members (excludes halogenated alkanes) is 1. The highest BCUT2D eigenvalue weighted by Gasteiger charge is 2.06.